The van der Waals surface area contributed by atoms with Crippen LogP contribution in [-0.2, 0) is 30.7 Å². The largest absolute Gasteiger partial charge is 0.377 e. The maximum atomic E-state index is 12.9. The number of hydrogen-bond acceptors (Lipinski definition) is 2. The first-order chi connectivity index (χ1) is 12.8. The Morgan fingerprint density at radius 2 is 1.73 bits per heavy atom. The predicted molar refractivity (Wildman–Crippen MR) is 104 cm³/mol. The molecule has 0 radical (unpaired) electrons. The lowest BCUT2D eigenvalue weighted by molar-refractivity contribution is 0.0951. The van der Waals surface area contributed by atoms with Crippen LogP contribution in [0.15, 0.2) is 54.6 Å². The van der Waals surface area contributed by atoms with E-state index in [1.807, 2.05) is 31.2 Å². The highest BCUT2D eigenvalue weighted by Crippen LogP contribution is 2.32. The van der Waals surface area contributed by atoms with Crippen LogP contribution >= 0.6 is 0 Å². The summed E-state index contributed by atoms with van der Waals surface area (Å²) in [5.74, 6) is -0.0215. The van der Waals surface area contributed by atoms with E-state index in [9.17, 15) is 4.79 Å². The first kappa shape index (κ1) is 16.8. The minimum Gasteiger partial charge on any atom is -0.377 e. The number of amides is 1. The molecule has 3 nitrogen and oxygen atoms in total. The quantitative estimate of drug-likeness (QED) is 0.719. The predicted octanol–water partition coefficient (Wildman–Crippen LogP) is 4.40. The summed E-state index contributed by atoms with van der Waals surface area (Å²) in [6.45, 7) is 3.75. The second-order valence-corrected chi connectivity index (χ2v) is 6.70. The molecule has 0 saturated heterocycles. The Balaban J connectivity index is 1.56. The van der Waals surface area contributed by atoms with Crippen LogP contribution in [0.1, 0.15) is 39.5 Å². The monoisotopic (exact) mass is 345 g/mol. The number of carbonyl (C=O) groups excluding carboxylic acids is 1. The molecular weight excluding hydrogens is 322 g/mol. The second kappa shape index (κ2) is 7.30. The van der Waals surface area contributed by atoms with Crippen LogP contribution in [0.3, 0.4) is 0 Å². The van der Waals surface area contributed by atoms with Gasteiger partial charge in [-0.15, -0.1) is 0 Å². The summed E-state index contributed by atoms with van der Waals surface area (Å²) < 4.78 is 5.53. The molecule has 0 bridgehead atoms. The Hall–Kier alpha value is -2.65. The topological polar surface area (TPSA) is 38.3 Å². The lowest BCUT2D eigenvalue weighted by Crippen LogP contribution is -2.23. The zero-order valence-corrected chi connectivity index (χ0v) is 15.0. The highest BCUT2D eigenvalue weighted by molar-refractivity contribution is 6.09. The maximum absolute atomic E-state index is 12.9. The van der Waals surface area contributed by atoms with Crippen molar-refractivity contribution in [2.75, 3.05) is 6.61 Å². The van der Waals surface area contributed by atoms with Crippen LogP contribution in [0.5, 0.6) is 0 Å². The van der Waals surface area contributed by atoms with Crippen LogP contribution in [0, 0.1) is 0 Å². The van der Waals surface area contributed by atoms with Crippen molar-refractivity contribution in [3.05, 3.63) is 82.4 Å². The summed E-state index contributed by atoms with van der Waals surface area (Å²) >= 11 is 0. The van der Waals surface area contributed by atoms with Crippen LogP contribution in [-0.4, -0.2) is 12.5 Å². The van der Waals surface area contributed by atoms with Gasteiger partial charge in [-0.25, -0.2) is 0 Å². The Morgan fingerprint density at radius 1 is 0.962 bits per heavy atom. The fraction of sp³-hybridized carbons (Fsp3) is 0.261. The second-order valence-electron chi connectivity index (χ2n) is 6.70. The maximum Gasteiger partial charge on any atom is 0.252 e. The Bertz CT molecular complexity index is 951. The van der Waals surface area contributed by atoms with Gasteiger partial charge < -0.3 is 10.1 Å². The lowest BCUT2D eigenvalue weighted by atomic mass is 9.99. The molecule has 0 unspecified atom stereocenters. The molecule has 1 aliphatic carbocycles. The summed E-state index contributed by atoms with van der Waals surface area (Å²) in [6, 6.07) is 18.5. The Kier molecular flexibility index (Phi) is 4.72. The van der Waals surface area contributed by atoms with Crippen molar-refractivity contribution in [3.8, 4) is 0 Å². The van der Waals surface area contributed by atoms with Gasteiger partial charge in [-0.05, 0) is 58.9 Å². The highest BCUT2D eigenvalue weighted by Gasteiger charge is 2.18. The molecule has 0 aromatic heterocycles. The van der Waals surface area contributed by atoms with Crippen molar-refractivity contribution in [3.63, 3.8) is 0 Å². The molecule has 3 aromatic carbocycles. The van der Waals surface area contributed by atoms with E-state index < -0.39 is 0 Å². The van der Waals surface area contributed by atoms with Crippen molar-refractivity contribution >= 4 is 16.7 Å². The van der Waals surface area contributed by atoms with Gasteiger partial charge in [0.25, 0.3) is 5.91 Å². The SMILES string of the molecule is CCOCc1ccccc1CNC(=O)c1ccc2c3c(cccc13)CC2. The van der Waals surface area contributed by atoms with E-state index in [1.165, 1.54) is 16.5 Å². The summed E-state index contributed by atoms with van der Waals surface area (Å²) in [7, 11) is 0. The molecule has 0 spiro atoms. The van der Waals surface area contributed by atoms with Crippen molar-refractivity contribution in [2.45, 2.75) is 32.9 Å². The van der Waals surface area contributed by atoms with Gasteiger partial charge in [-0.3, -0.25) is 4.79 Å². The Morgan fingerprint density at radius 3 is 2.54 bits per heavy atom. The van der Waals surface area contributed by atoms with Crippen molar-refractivity contribution < 1.29 is 9.53 Å². The number of aryl methyl sites for hydroxylation is 2. The van der Waals surface area contributed by atoms with Gasteiger partial charge in [0.15, 0.2) is 0 Å². The van der Waals surface area contributed by atoms with E-state index in [0.717, 1.165) is 34.9 Å². The van der Waals surface area contributed by atoms with Gasteiger partial charge in [-0.2, -0.15) is 0 Å². The highest BCUT2D eigenvalue weighted by atomic mass is 16.5. The van der Waals surface area contributed by atoms with Gasteiger partial charge in [0.1, 0.15) is 0 Å². The molecule has 1 aliphatic rings. The molecule has 132 valence electrons. The minimum absolute atomic E-state index is 0.0215. The zero-order chi connectivity index (χ0) is 17.9. The van der Waals surface area contributed by atoms with E-state index in [4.69, 9.17) is 4.74 Å². The molecule has 1 N–H and O–H groups in total. The van der Waals surface area contributed by atoms with E-state index in [0.29, 0.717) is 19.8 Å². The minimum atomic E-state index is -0.0215. The third-order valence-corrected chi connectivity index (χ3v) is 5.14. The summed E-state index contributed by atoms with van der Waals surface area (Å²) in [6.07, 6.45) is 2.14. The number of nitrogens with one attached hydrogen (secondary N) is 1. The summed E-state index contributed by atoms with van der Waals surface area (Å²) in [5.41, 5.74) is 5.69. The van der Waals surface area contributed by atoms with E-state index in [-0.39, 0.29) is 5.91 Å². The van der Waals surface area contributed by atoms with Crippen LogP contribution < -0.4 is 5.32 Å². The number of hydrogen-bond donors (Lipinski definition) is 1. The molecule has 0 atom stereocenters. The first-order valence-electron chi connectivity index (χ1n) is 9.24. The molecule has 1 amide bonds. The average molecular weight is 345 g/mol. The van der Waals surface area contributed by atoms with Crippen LogP contribution in [0.2, 0.25) is 0 Å². The number of carbonyl (C=O) groups is 1. The van der Waals surface area contributed by atoms with E-state index in [2.05, 4.69) is 35.6 Å². The summed E-state index contributed by atoms with van der Waals surface area (Å²) in [5, 5.41) is 5.43. The van der Waals surface area contributed by atoms with Gasteiger partial charge in [0, 0.05) is 18.7 Å². The third kappa shape index (κ3) is 3.11. The zero-order valence-electron chi connectivity index (χ0n) is 15.0. The Labute approximate surface area is 154 Å². The molecule has 3 aromatic rings. The lowest BCUT2D eigenvalue weighted by Gasteiger charge is -2.12. The van der Waals surface area contributed by atoms with Gasteiger partial charge in [0.05, 0.1) is 6.61 Å². The van der Waals surface area contributed by atoms with Crippen molar-refractivity contribution in [2.24, 2.45) is 0 Å². The molecule has 0 saturated carbocycles. The van der Waals surface area contributed by atoms with Crippen molar-refractivity contribution in [1.29, 1.82) is 0 Å². The fourth-order valence-corrected chi connectivity index (χ4v) is 3.80. The standard InChI is InChI=1S/C23H23NO2/c1-2-26-15-19-7-4-3-6-18(19)14-24-23(25)21-13-12-17-11-10-16-8-5-9-20(21)22(16)17/h3-9,12-13H,2,10-11,14-15H2,1H3,(H,24,25). The van der Waals surface area contributed by atoms with Gasteiger partial charge >= 0.3 is 0 Å². The molecule has 26 heavy (non-hydrogen) atoms. The molecular formula is C23H23NO2. The first-order valence-corrected chi connectivity index (χ1v) is 9.24. The molecule has 4 rings (SSSR count). The average Bonchev–Trinajstić information content (AvgIpc) is 3.10. The van der Waals surface area contributed by atoms with Gasteiger partial charge in [-0.1, -0.05) is 48.5 Å². The third-order valence-electron chi connectivity index (χ3n) is 5.14. The smallest absolute Gasteiger partial charge is 0.252 e. The normalized spacial score (nSPS) is 12.5. The van der Waals surface area contributed by atoms with Crippen molar-refractivity contribution in [1.82, 2.24) is 5.32 Å². The summed E-state index contributed by atoms with van der Waals surface area (Å²) in [4.78, 5) is 12.9. The van der Waals surface area contributed by atoms with Gasteiger partial charge in [0.2, 0.25) is 0 Å². The number of rotatable bonds is 6. The van der Waals surface area contributed by atoms with E-state index >= 15 is 0 Å². The van der Waals surface area contributed by atoms with Crippen LogP contribution in [0.4, 0.5) is 0 Å². The molecule has 0 heterocycles. The van der Waals surface area contributed by atoms with Crippen LogP contribution in [0.25, 0.3) is 10.8 Å². The number of benzene rings is 3. The molecule has 0 aliphatic heterocycles. The number of ether oxygens (including phenoxy) is 1. The van der Waals surface area contributed by atoms with E-state index in [1.54, 1.807) is 0 Å². The molecule has 0 fully saturated rings. The fourth-order valence-electron chi connectivity index (χ4n) is 3.80. The molecule has 3 heteroatoms.